The molecule has 0 heterocycles. The molecule has 1 unspecified atom stereocenters. The summed E-state index contributed by atoms with van der Waals surface area (Å²) in [5.74, 6) is -0.218. The van der Waals surface area contributed by atoms with Crippen LogP contribution in [0.4, 0.5) is 4.39 Å². The van der Waals surface area contributed by atoms with Crippen LogP contribution in [0.1, 0.15) is 27.6 Å². The summed E-state index contributed by atoms with van der Waals surface area (Å²) in [6.07, 6.45) is 0.336. The fraction of sp³-hybridized carbons (Fsp3) is 0.0952. The van der Waals surface area contributed by atoms with Crippen LogP contribution in [0, 0.1) is 5.82 Å². The van der Waals surface area contributed by atoms with E-state index in [2.05, 4.69) is 0 Å². The molecule has 4 heteroatoms. The van der Waals surface area contributed by atoms with Crippen molar-refractivity contribution in [3.63, 3.8) is 0 Å². The van der Waals surface area contributed by atoms with Crippen LogP contribution in [-0.4, -0.2) is 5.78 Å². The van der Waals surface area contributed by atoms with Crippen molar-refractivity contribution in [3.05, 3.63) is 101 Å². The van der Waals surface area contributed by atoms with E-state index in [-0.39, 0.29) is 16.9 Å². The second kappa shape index (κ2) is 8.32. The van der Waals surface area contributed by atoms with Gasteiger partial charge in [0.05, 0.1) is 0 Å². The van der Waals surface area contributed by atoms with E-state index in [9.17, 15) is 9.18 Å². The number of benzene rings is 3. The molecule has 0 aliphatic carbocycles. The predicted molar refractivity (Wildman–Crippen MR) is 102 cm³/mol. The van der Waals surface area contributed by atoms with Crippen molar-refractivity contribution < 1.29 is 9.18 Å². The molecule has 0 N–H and O–H groups in total. The number of hydrogen-bond donors (Lipinski definition) is 0. The molecule has 1 nitrogen and oxygen atoms in total. The van der Waals surface area contributed by atoms with E-state index in [0.29, 0.717) is 17.0 Å². The summed E-state index contributed by atoms with van der Waals surface area (Å²) < 4.78 is 13.3. The molecule has 0 aliphatic rings. The number of rotatable bonds is 6. The maximum absolute atomic E-state index is 13.3. The third-order valence-electron chi connectivity index (χ3n) is 3.80. The highest BCUT2D eigenvalue weighted by Crippen LogP contribution is 2.39. The summed E-state index contributed by atoms with van der Waals surface area (Å²) in [4.78, 5) is 13.6. The normalized spacial score (nSPS) is 11.9. The first kappa shape index (κ1) is 17.7. The molecule has 3 aromatic rings. The van der Waals surface area contributed by atoms with Gasteiger partial charge in [0, 0.05) is 27.2 Å². The maximum Gasteiger partial charge on any atom is 0.164 e. The topological polar surface area (TPSA) is 17.1 Å². The molecule has 0 fully saturated rings. The second-order valence-corrected chi connectivity index (χ2v) is 7.32. The Labute approximate surface area is 155 Å². The largest absolute Gasteiger partial charge is 0.294 e. The number of hydrogen-bond acceptors (Lipinski definition) is 2. The van der Waals surface area contributed by atoms with Crippen LogP contribution in [0.3, 0.4) is 0 Å². The smallest absolute Gasteiger partial charge is 0.164 e. The minimum atomic E-state index is -0.284. The molecule has 3 aromatic carbocycles. The Balaban J connectivity index is 1.84. The summed E-state index contributed by atoms with van der Waals surface area (Å²) in [7, 11) is 0. The van der Waals surface area contributed by atoms with E-state index in [1.54, 1.807) is 23.9 Å². The monoisotopic (exact) mass is 370 g/mol. The van der Waals surface area contributed by atoms with Crippen molar-refractivity contribution in [2.75, 3.05) is 0 Å². The van der Waals surface area contributed by atoms with Crippen LogP contribution >= 0.6 is 23.4 Å². The SMILES string of the molecule is O=C(CC(Sc1ccc(Cl)cc1)c1ccc(F)cc1)c1ccccc1. The van der Waals surface area contributed by atoms with Crippen LogP contribution in [-0.2, 0) is 0 Å². The van der Waals surface area contributed by atoms with Crippen molar-refractivity contribution in [2.24, 2.45) is 0 Å². The third kappa shape index (κ3) is 4.94. The Morgan fingerprint density at radius 1 is 0.920 bits per heavy atom. The molecule has 0 aromatic heterocycles. The van der Waals surface area contributed by atoms with E-state index in [1.807, 2.05) is 54.6 Å². The zero-order valence-corrected chi connectivity index (χ0v) is 14.9. The molecule has 0 radical (unpaired) electrons. The van der Waals surface area contributed by atoms with Gasteiger partial charge in [0.25, 0.3) is 0 Å². The molecule has 1 atom stereocenters. The minimum Gasteiger partial charge on any atom is -0.294 e. The highest BCUT2D eigenvalue weighted by molar-refractivity contribution is 7.99. The number of ketones is 1. The van der Waals surface area contributed by atoms with Crippen LogP contribution in [0.2, 0.25) is 5.02 Å². The Hall–Kier alpha value is -2.10. The summed E-state index contributed by atoms with van der Waals surface area (Å²) >= 11 is 7.52. The molecular weight excluding hydrogens is 355 g/mol. The summed E-state index contributed by atoms with van der Waals surface area (Å²) in [5, 5.41) is 0.567. The summed E-state index contributed by atoms with van der Waals surface area (Å²) in [5.41, 5.74) is 1.61. The Kier molecular flexibility index (Phi) is 5.90. The number of thioether (sulfide) groups is 1. The second-order valence-electron chi connectivity index (χ2n) is 5.61. The molecule has 0 saturated carbocycles. The van der Waals surface area contributed by atoms with Gasteiger partial charge in [0.15, 0.2) is 5.78 Å². The minimum absolute atomic E-state index is 0.0661. The first-order valence-electron chi connectivity index (χ1n) is 7.88. The van der Waals surface area contributed by atoms with Gasteiger partial charge in [0.1, 0.15) is 5.82 Å². The van der Waals surface area contributed by atoms with Crippen LogP contribution in [0.5, 0.6) is 0 Å². The Bertz CT molecular complexity index is 832. The Morgan fingerprint density at radius 2 is 1.56 bits per heavy atom. The van der Waals surface area contributed by atoms with Crippen molar-refractivity contribution in [1.29, 1.82) is 0 Å². The van der Waals surface area contributed by atoms with Gasteiger partial charge < -0.3 is 0 Å². The lowest BCUT2D eigenvalue weighted by molar-refractivity contribution is 0.0982. The fourth-order valence-electron chi connectivity index (χ4n) is 2.49. The zero-order valence-electron chi connectivity index (χ0n) is 13.4. The fourth-order valence-corrected chi connectivity index (χ4v) is 3.77. The van der Waals surface area contributed by atoms with E-state index in [4.69, 9.17) is 11.6 Å². The molecule has 25 heavy (non-hydrogen) atoms. The van der Waals surface area contributed by atoms with E-state index < -0.39 is 0 Å². The van der Waals surface area contributed by atoms with Crippen molar-refractivity contribution in [3.8, 4) is 0 Å². The van der Waals surface area contributed by atoms with Gasteiger partial charge in [-0.25, -0.2) is 4.39 Å². The van der Waals surface area contributed by atoms with Crippen LogP contribution in [0.15, 0.2) is 83.8 Å². The average Bonchev–Trinajstić information content (AvgIpc) is 2.64. The highest BCUT2D eigenvalue weighted by atomic mass is 35.5. The van der Waals surface area contributed by atoms with Gasteiger partial charge in [-0.15, -0.1) is 11.8 Å². The van der Waals surface area contributed by atoms with E-state index in [0.717, 1.165) is 10.5 Å². The van der Waals surface area contributed by atoms with Crippen molar-refractivity contribution in [1.82, 2.24) is 0 Å². The average molecular weight is 371 g/mol. The quantitative estimate of drug-likeness (QED) is 0.360. The number of carbonyl (C=O) groups excluding carboxylic acids is 1. The Morgan fingerprint density at radius 3 is 2.20 bits per heavy atom. The lowest BCUT2D eigenvalue weighted by Gasteiger charge is -2.17. The van der Waals surface area contributed by atoms with Crippen LogP contribution in [0.25, 0.3) is 0 Å². The molecule has 0 bridgehead atoms. The first-order chi connectivity index (χ1) is 12.1. The van der Waals surface area contributed by atoms with Crippen molar-refractivity contribution in [2.45, 2.75) is 16.6 Å². The summed E-state index contributed by atoms with van der Waals surface area (Å²) in [6.45, 7) is 0. The third-order valence-corrected chi connectivity index (χ3v) is 5.32. The molecule has 0 amide bonds. The lowest BCUT2D eigenvalue weighted by Crippen LogP contribution is -2.05. The van der Waals surface area contributed by atoms with Gasteiger partial charge in [-0.2, -0.15) is 0 Å². The number of Topliss-reactive ketones (excluding diaryl/α,β-unsaturated/α-hetero) is 1. The standard InChI is InChI=1S/C21H16ClFOS/c22-17-8-12-19(13-9-17)25-21(16-6-10-18(23)11-7-16)14-20(24)15-4-2-1-3-5-15/h1-13,21H,14H2. The van der Waals surface area contributed by atoms with E-state index >= 15 is 0 Å². The van der Waals surface area contributed by atoms with Crippen LogP contribution < -0.4 is 0 Å². The first-order valence-corrected chi connectivity index (χ1v) is 9.13. The van der Waals surface area contributed by atoms with Crippen molar-refractivity contribution >= 4 is 29.1 Å². The lowest BCUT2D eigenvalue weighted by atomic mass is 10.0. The van der Waals surface area contributed by atoms with Gasteiger partial charge in [-0.3, -0.25) is 4.79 Å². The van der Waals surface area contributed by atoms with Gasteiger partial charge in [-0.05, 0) is 42.0 Å². The van der Waals surface area contributed by atoms with Gasteiger partial charge in [0.2, 0.25) is 0 Å². The van der Waals surface area contributed by atoms with E-state index in [1.165, 1.54) is 12.1 Å². The molecule has 126 valence electrons. The highest BCUT2D eigenvalue weighted by Gasteiger charge is 2.19. The number of carbonyl (C=O) groups is 1. The molecule has 0 spiro atoms. The zero-order chi connectivity index (χ0) is 17.6. The maximum atomic E-state index is 13.3. The molecule has 0 saturated heterocycles. The van der Waals surface area contributed by atoms with Gasteiger partial charge >= 0.3 is 0 Å². The number of halogens is 2. The molecular formula is C21H16ClFOS. The van der Waals surface area contributed by atoms with Gasteiger partial charge in [-0.1, -0.05) is 54.1 Å². The molecule has 0 aliphatic heterocycles. The molecule has 3 rings (SSSR count). The summed E-state index contributed by atoms with van der Waals surface area (Å²) in [6, 6.07) is 23.1. The predicted octanol–water partition coefficient (Wildman–Crippen LogP) is 6.59.